The van der Waals surface area contributed by atoms with Crippen molar-refractivity contribution in [3.05, 3.63) is 70.2 Å². The van der Waals surface area contributed by atoms with Gasteiger partial charge in [0.1, 0.15) is 11.9 Å². The molecule has 0 aliphatic carbocycles. The number of hydrogen-bond donors (Lipinski definition) is 3. The number of rotatable bonds is 8. The lowest BCUT2D eigenvalue weighted by Crippen LogP contribution is -2.22. The van der Waals surface area contributed by atoms with Crippen LogP contribution in [0.25, 0.3) is 0 Å². The molecule has 2 aromatic carbocycles. The number of carbonyl (C=O) groups excluding carboxylic acids is 1. The highest BCUT2D eigenvalue weighted by Gasteiger charge is 2.26. The standard InChI is InChI=1S/C22H24BrNO5/c1-14-7-10-17(11-8-14)24-22(28)29-21(15(2)5-3-4-6-20(26)27)18-13-16(23)9-12-19(18)25/h4,6-13,15,21,25H,3,5H2,1-2H3,(H,24,28)(H,26,27)/b6-4+/t15-,21-/m0/s1. The van der Waals surface area contributed by atoms with Crippen LogP contribution < -0.4 is 5.32 Å². The zero-order valence-electron chi connectivity index (χ0n) is 16.3. The molecule has 154 valence electrons. The predicted octanol–water partition coefficient (Wildman–Crippen LogP) is 5.81. The summed E-state index contributed by atoms with van der Waals surface area (Å²) >= 11 is 3.38. The highest BCUT2D eigenvalue weighted by atomic mass is 79.9. The normalized spacial score (nSPS) is 13.1. The summed E-state index contributed by atoms with van der Waals surface area (Å²) in [4.78, 5) is 23.1. The number of amides is 1. The lowest BCUT2D eigenvalue weighted by molar-refractivity contribution is -0.131. The number of allylic oxidation sites excluding steroid dienone is 1. The zero-order valence-corrected chi connectivity index (χ0v) is 17.8. The molecule has 0 spiro atoms. The van der Waals surface area contributed by atoms with Crippen LogP contribution in [0.1, 0.15) is 37.0 Å². The van der Waals surface area contributed by atoms with Crippen molar-refractivity contribution < 1.29 is 24.5 Å². The van der Waals surface area contributed by atoms with Crippen LogP contribution in [0.4, 0.5) is 10.5 Å². The Morgan fingerprint density at radius 2 is 1.90 bits per heavy atom. The first kappa shape index (κ1) is 22.5. The van der Waals surface area contributed by atoms with E-state index >= 15 is 0 Å². The average Bonchev–Trinajstić information content (AvgIpc) is 2.67. The summed E-state index contributed by atoms with van der Waals surface area (Å²) in [5.74, 6) is -1.15. The summed E-state index contributed by atoms with van der Waals surface area (Å²) in [6, 6.07) is 12.3. The SMILES string of the molecule is Cc1ccc(NC(=O)O[C@H](c2cc(Br)ccc2O)[C@@H](C)CC/C=C/C(=O)O)cc1. The molecule has 2 atom stereocenters. The fraction of sp³-hybridized carbons (Fsp3) is 0.273. The summed E-state index contributed by atoms with van der Waals surface area (Å²) in [5.41, 5.74) is 2.16. The number of hydrogen-bond acceptors (Lipinski definition) is 4. The molecule has 2 rings (SSSR count). The third-order valence-corrected chi connectivity index (χ3v) is 4.89. The van der Waals surface area contributed by atoms with Crippen LogP contribution in [0.2, 0.25) is 0 Å². The molecule has 0 saturated carbocycles. The maximum Gasteiger partial charge on any atom is 0.412 e. The molecule has 3 N–H and O–H groups in total. The van der Waals surface area contributed by atoms with Gasteiger partial charge in [-0.1, -0.05) is 46.6 Å². The van der Waals surface area contributed by atoms with Crippen molar-refractivity contribution in [2.75, 3.05) is 5.32 Å². The number of carboxylic acid groups (broad SMARTS) is 1. The number of aliphatic carboxylic acids is 1. The second-order valence-corrected chi connectivity index (χ2v) is 7.73. The van der Waals surface area contributed by atoms with Crippen molar-refractivity contribution in [2.24, 2.45) is 5.92 Å². The van der Waals surface area contributed by atoms with Gasteiger partial charge in [0.25, 0.3) is 0 Å². The van der Waals surface area contributed by atoms with Gasteiger partial charge in [-0.05, 0) is 56.0 Å². The topological polar surface area (TPSA) is 95.9 Å². The molecule has 0 unspecified atom stereocenters. The van der Waals surface area contributed by atoms with E-state index in [4.69, 9.17) is 9.84 Å². The third kappa shape index (κ3) is 7.27. The van der Waals surface area contributed by atoms with E-state index in [0.717, 1.165) is 16.1 Å². The Kier molecular flexibility index (Phi) is 8.27. The molecular formula is C22H24BrNO5. The minimum absolute atomic E-state index is 0.0225. The summed E-state index contributed by atoms with van der Waals surface area (Å²) in [6.07, 6.45) is 2.37. The second kappa shape index (κ2) is 10.7. The third-order valence-electron chi connectivity index (χ3n) is 4.39. The Hall–Kier alpha value is -2.80. The van der Waals surface area contributed by atoms with E-state index in [0.29, 0.717) is 24.1 Å². The maximum absolute atomic E-state index is 12.5. The maximum atomic E-state index is 12.5. The molecule has 0 heterocycles. The lowest BCUT2D eigenvalue weighted by atomic mass is 9.92. The summed E-state index contributed by atoms with van der Waals surface area (Å²) in [5, 5.41) is 21.7. The van der Waals surface area contributed by atoms with Crippen LogP contribution in [0.3, 0.4) is 0 Å². The van der Waals surface area contributed by atoms with Crippen molar-refractivity contribution >= 4 is 33.7 Å². The molecule has 2 aromatic rings. The fourth-order valence-electron chi connectivity index (χ4n) is 2.83. The van der Waals surface area contributed by atoms with E-state index in [9.17, 15) is 14.7 Å². The van der Waals surface area contributed by atoms with Gasteiger partial charge in [-0.25, -0.2) is 9.59 Å². The van der Waals surface area contributed by atoms with Crippen molar-refractivity contribution in [1.82, 2.24) is 0 Å². The van der Waals surface area contributed by atoms with Crippen molar-refractivity contribution in [1.29, 1.82) is 0 Å². The number of ether oxygens (including phenoxy) is 1. The summed E-state index contributed by atoms with van der Waals surface area (Å²) < 4.78 is 6.42. The summed E-state index contributed by atoms with van der Waals surface area (Å²) in [6.45, 7) is 3.84. The van der Waals surface area contributed by atoms with E-state index in [1.807, 2.05) is 26.0 Å². The average molecular weight is 462 g/mol. The first-order valence-corrected chi connectivity index (χ1v) is 9.97. The van der Waals surface area contributed by atoms with Gasteiger partial charge in [0.15, 0.2) is 0 Å². The van der Waals surface area contributed by atoms with E-state index in [2.05, 4.69) is 21.2 Å². The van der Waals surface area contributed by atoms with Gasteiger partial charge >= 0.3 is 12.1 Å². The number of carboxylic acids is 1. The van der Waals surface area contributed by atoms with Gasteiger partial charge in [-0.3, -0.25) is 5.32 Å². The van der Waals surface area contributed by atoms with Crippen LogP contribution in [-0.2, 0) is 9.53 Å². The fourth-order valence-corrected chi connectivity index (χ4v) is 3.21. The van der Waals surface area contributed by atoms with E-state index in [-0.39, 0.29) is 11.7 Å². The molecule has 1 amide bonds. The van der Waals surface area contributed by atoms with E-state index in [1.165, 1.54) is 6.07 Å². The summed E-state index contributed by atoms with van der Waals surface area (Å²) in [7, 11) is 0. The van der Waals surface area contributed by atoms with Gasteiger partial charge in [0.05, 0.1) is 0 Å². The second-order valence-electron chi connectivity index (χ2n) is 6.82. The Bertz CT molecular complexity index is 879. The van der Waals surface area contributed by atoms with Crippen molar-refractivity contribution in [3.8, 4) is 5.75 Å². The van der Waals surface area contributed by atoms with Gasteiger partial charge in [-0.15, -0.1) is 0 Å². The zero-order chi connectivity index (χ0) is 21.4. The number of carbonyl (C=O) groups is 2. The smallest absolute Gasteiger partial charge is 0.412 e. The Labute approximate surface area is 178 Å². The molecule has 7 heteroatoms. The number of aromatic hydroxyl groups is 1. The van der Waals surface area contributed by atoms with Gasteiger partial charge in [-0.2, -0.15) is 0 Å². The predicted molar refractivity (Wildman–Crippen MR) is 115 cm³/mol. The Morgan fingerprint density at radius 3 is 2.55 bits per heavy atom. The molecule has 0 aromatic heterocycles. The largest absolute Gasteiger partial charge is 0.508 e. The molecule has 29 heavy (non-hydrogen) atoms. The number of phenols is 1. The molecule has 0 aliphatic rings. The number of phenolic OH excluding ortho intramolecular Hbond substituents is 1. The van der Waals surface area contributed by atoms with E-state index in [1.54, 1.807) is 30.3 Å². The van der Waals surface area contributed by atoms with Crippen LogP contribution in [-0.4, -0.2) is 22.3 Å². The number of halogens is 1. The lowest BCUT2D eigenvalue weighted by Gasteiger charge is -2.25. The van der Waals surface area contributed by atoms with Crippen molar-refractivity contribution in [3.63, 3.8) is 0 Å². The molecule has 0 radical (unpaired) electrons. The Morgan fingerprint density at radius 1 is 1.21 bits per heavy atom. The molecular weight excluding hydrogens is 438 g/mol. The first-order chi connectivity index (χ1) is 13.8. The minimum atomic E-state index is -1.01. The molecule has 0 fully saturated rings. The monoisotopic (exact) mass is 461 g/mol. The van der Waals surface area contributed by atoms with Gasteiger partial charge in [0, 0.05) is 21.8 Å². The van der Waals surface area contributed by atoms with Crippen LogP contribution in [0, 0.1) is 12.8 Å². The number of nitrogens with one attached hydrogen (secondary N) is 1. The van der Waals surface area contributed by atoms with Crippen LogP contribution in [0.5, 0.6) is 5.75 Å². The van der Waals surface area contributed by atoms with E-state index < -0.39 is 18.2 Å². The quantitative estimate of drug-likeness (QED) is 0.431. The molecule has 6 nitrogen and oxygen atoms in total. The first-order valence-electron chi connectivity index (χ1n) is 9.18. The molecule has 0 bridgehead atoms. The number of aryl methyl sites for hydroxylation is 1. The van der Waals surface area contributed by atoms with Crippen molar-refractivity contribution in [2.45, 2.75) is 32.8 Å². The molecule has 0 aliphatic heterocycles. The minimum Gasteiger partial charge on any atom is -0.508 e. The number of benzene rings is 2. The van der Waals surface area contributed by atoms with Crippen LogP contribution >= 0.6 is 15.9 Å². The number of anilines is 1. The molecule has 0 saturated heterocycles. The van der Waals surface area contributed by atoms with Gasteiger partial charge < -0.3 is 14.9 Å². The Balaban J connectivity index is 2.17. The van der Waals surface area contributed by atoms with Crippen LogP contribution in [0.15, 0.2) is 59.1 Å². The highest BCUT2D eigenvalue weighted by molar-refractivity contribution is 9.10. The van der Waals surface area contributed by atoms with Gasteiger partial charge in [0.2, 0.25) is 0 Å². The highest BCUT2D eigenvalue weighted by Crippen LogP contribution is 2.36.